The Kier molecular flexibility index (Phi) is 7.62. The number of benzene rings is 1. The van der Waals surface area contributed by atoms with Gasteiger partial charge in [-0.2, -0.15) is 0 Å². The number of pyridine rings is 1. The Bertz CT molecular complexity index is 969. The van der Waals surface area contributed by atoms with Crippen molar-refractivity contribution in [3.05, 3.63) is 63.6 Å². The monoisotopic (exact) mass is 476 g/mol. The summed E-state index contributed by atoms with van der Waals surface area (Å²) in [5.74, 6) is 5.19. The molecule has 0 fully saturated rings. The minimum Gasteiger partial charge on any atom is -0.444 e. The van der Waals surface area contributed by atoms with E-state index in [-0.39, 0.29) is 5.82 Å². The van der Waals surface area contributed by atoms with Crippen molar-refractivity contribution in [1.82, 2.24) is 10.3 Å². The summed E-state index contributed by atoms with van der Waals surface area (Å²) in [6.45, 7) is 8.48. The predicted octanol–water partition coefficient (Wildman–Crippen LogP) is 4.91. The maximum atomic E-state index is 13.7. The first kappa shape index (κ1) is 23.8. The largest absolute Gasteiger partial charge is 0.444 e. The Hall–Kier alpha value is -2.43. The van der Waals surface area contributed by atoms with Crippen LogP contribution in [0, 0.1) is 17.7 Å². The van der Waals surface area contributed by atoms with Gasteiger partial charge in [0.25, 0.3) is 0 Å². The molecule has 0 saturated heterocycles. The van der Waals surface area contributed by atoms with Crippen LogP contribution in [-0.2, 0) is 11.2 Å². The highest BCUT2D eigenvalue weighted by molar-refractivity contribution is 9.10. The summed E-state index contributed by atoms with van der Waals surface area (Å²) < 4.78 is 19.7. The highest BCUT2D eigenvalue weighted by atomic mass is 79.9. The van der Waals surface area contributed by atoms with Gasteiger partial charge in [-0.3, -0.25) is 0 Å². The second kappa shape index (κ2) is 9.59. The third-order valence-corrected chi connectivity index (χ3v) is 4.39. The summed E-state index contributed by atoms with van der Waals surface area (Å²) in [4.78, 5) is 17.0. The van der Waals surface area contributed by atoms with E-state index in [1.165, 1.54) is 12.1 Å². The van der Waals surface area contributed by atoms with Crippen LogP contribution in [0.1, 0.15) is 57.6 Å². The van der Waals surface area contributed by atoms with Crippen LogP contribution in [-0.4, -0.2) is 27.4 Å². The number of hydrogen-bond acceptors (Lipinski definition) is 4. The number of carbonyl (C=O) groups excluding carboxylic acids is 1. The normalized spacial score (nSPS) is 12.5. The molecule has 1 aromatic heterocycles. The number of aliphatic hydroxyl groups is 1. The van der Waals surface area contributed by atoms with Crippen molar-refractivity contribution in [2.24, 2.45) is 0 Å². The molecule has 1 aromatic carbocycles. The van der Waals surface area contributed by atoms with Gasteiger partial charge in [-0.1, -0.05) is 18.1 Å². The summed E-state index contributed by atoms with van der Waals surface area (Å²) in [5.41, 5.74) is -0.181. The Morgan fingerprint density at radius 1 is 1.27 bits per heavy atom. The van der Waals surface area contributed by atoms with Gasteiger partial charge in [-0.05, 0) is 92.7 Å². The lowest BCUT2D eigenvalue weighted by atomic mass is 10.0. The predicted molar refractivity (Wildman–Crippen MR) is 117 cm³/mol. The van der Waals surface area contributed by atoms with E-state index >= 15 is 0 Å². The minimum atomic E-state index is -1.16. The Labute approximate surface area is 185 Å². The van der Waals surface area contributed by atoms with Crippen molar-refractivity contribution in [1.29, 1.82) is 0 Å². The van der Waals surface area contributed by atoms with Gasteiger partial charge in [-0.25, -0.2) is 14.2 Å². The number of alkyl carbamates (subject to hydrolysis) is 1. The molecule has 30 heavy (non-hydrogen) atoms. The second-order valence-corrected chi connectivity index (χ2v) is 9.26. The molecule has 1 amide bonds. The van der Waals surface area contributed by atoms with Gasteiger partial charge < -0.3 is 15.2 Å². The molecule has 5 nitrogen and oxygen atoms in total. The van der Waals surface area contributed by atoms with E-state index in [4.69, 9.17) is 4.74 Å². The first-order valence-corrected chi connectivity index (χ1v) is 10.3. The lowest BCUT2D eigenvalue weighted by Gasteiger charge is -2.24. The van der Waals surface area contributed by atoms with Crippen LogP contribution >= 0.6 is 15.9 Å². The van der Waals surface area contributed by atoms with Gasteiger partial charge in [-0.15, -0.1) is 0 Å². The Balaban J connectivity index is 2.41. The molecule has 0 bridgehead atoms. The molecule has 0 spiro atoms. The van der Waals surface area contributed by atoms with Gasteiger partial charge in [0.1, 0.15) is 22.7 Å². The van der Waals surface area contributed by atoms with E-state index in [9.17, 15) is 14.3 Å². The highest BCUT2D eigenvalue weighted by Gasteiger charge is 2.24. The Morgan fingerprint density at radius 3 is 2.57 bits per heavy atom. The smallest absolute Gasteiger partial charge is 0.408 e. The van der Waals surface area contributed by atoms with E-state index in [1.54, 1.807) is 58.9 Å². The maximum Gasteiger partial charge on any atom is 0.408 e. The van der Waals surface area contributed by atoms with Crippen molar-refractivity contribution in [3.63, 3.8) is 0 Å². The molecule has 0 radical (unpaired) electrons. The van der Waals surface area contributed by atoms with Gasteiger partial charge >= 0.3 is 6.09 Å². The van der Waals surface area contributed by atoms with Crippen molar-refractivity contribution in [2.45, 2.75) is 58.3 Å². The number of nitrogens with one attached hydrogen (secondary N) is 1. The summed E-state index contributed by atoms with van der Waals surface area (Å²) >= 11 is 3.47. The van der Waals surface area contributed by atoms with E-state index < -0.39 is 23.3 Å². The number of halogens is 2. The second-order valence-electron chi connectivity index (χ2n) is 8.41. The summed E-state index contributed by atoms with van der Waals surface area (Å²) in [7, 11) is 0. The van der Waals surface area contributed by atoms with Crippen LogP contribution in [0.2, 0.25) is 0 Å². The average molecular weight is 477 g/mol. The zero-order valence-corrected chi connectivity index (χ0v) is 19.3. The van der Waals surface area contributed by atoms with Crippen molar-refractivity contribution >= 4 is 22.0 Å². The van der Waals surface area contributed by atoms with Crippen molar-refractivity contribution < 1.29 is 19.0 Å². The lowest BCUT2D eigenvalue weighted by molar-refractivity contribution is 0.0502. The van der Waals surface area contributed by atoms with Crippen molar-refractivity contribution in [3.8, 4) is 11.8 Å². The van der Waals surface area contributed by atoms with Crippen LogP contribution in [0.25, 0.3) is 0 Å². The van der Waals surface area contributed by atoms with E-state index in [0.29, 0.717) is 27.8 Å². The fraction of sp³-hybridized carbons (Fsp3) is 0.391. The third-order valence-electron chi connectivity index (χ3n) is 3.72. The fourth-order valence-electron chi connectivity index (χ4n) is 2.55. The molecule has 160 valence electrons. The summed E-state index contributed by atoms with van der Waals surface area (Å²) in [6, 6.07) is 9.04. The zero-order valence-electron chi connectivity index (χ0n) is 17.7. The van der Waals surface area contributed by atoms with Crippen LogP contribution < -0.4 is 5.32 Å². The average Bonchev–Trinajstić information content (AvgIpc) is 2.58. The number of nitrogens with zero attached hydrogens (tertiary/aromatic N) is 1. The van der Waals surface area contributed by atoms with Crippen LogP contribution in [0.5, 0.6) is 0 Å². The first-order valence-electron chi connectivity index (χ1n) is 9.48. The topological polar surface area (TPSA) is 71.5 Å². The van der Waals surface area contributed by atoms with Gasteiger partial charge in [0.05, 0.1) is 11.7 Å². The molecule has 0 aliphatic heterocycles. The molecular formula is C23H26BrFN2O3. The number of hydrogen-bond donors (Lipinski definition) is 2. The van der Waals surface area contributed by atoms with E-state index in [1.807, 2.05) is 0 Å². The number of amides is 1. The molecule has 7 heteroatoms. The molecule has 2 rings (SSSR count). The maximum absolute atomic E-state index is 13.7. The minimum absolute atomic E-state index is 0.297. The summed E-state index contributed by atoms with van der Waals surface area (Å²) in [5, 5.41) is 12.7. The summed E-state index contributed by atoms with van der Waals surface area (Å²) in [6.07, 6.45) is -0.309. The standard InChI is InChI=1S/C23H26BrFN2O3/c1-22(2,3)30-21(28)27-19(14-15-7-6-8-16(25)13-15)20-18(24)10-9-17(26-20)11-12-23(4,5)29/h6-10,13,19,29H,14H2,1-5H3,(H,27,28). The zero-order chi connectivity index (χ0) is 22.5. The number of rotatable bonds is 4. The number of carbonyl (C=O) groups is 1. The van der Waals surface area contributed by atoms with Crippen LogP contribution in [0.15, 0.2) is 40.9 Å². The highest BCUT2D eigenvalue weighted by Crippen LogP contribution is 2.26. The molecular weight excluding hydrogens is 451 g/mol. The molecule has 0 aliphatic carbocycles. The molecule has 1 atom stereocenters. The number of aromatic nitrogens is 1. The first-order chi connectivity index (χ1) is 13.8. The van der Waals surface area contributed by atoms with Gasteiger partial charge in [0.2, 0.25) is 0 Å². The molecule has 0 aliphatic rings. The lowest BCUT2D eigenvalue weighted by Crippen LogP contribution is -2.36. The SMILES string of the molecule is CC(C)(O)C#Cc1ccc(Br)c(C(Cc2cccc(F)c2)NC(=O)OC(C)(C)C)n1. The molecule has 1 unspecified atom stereocenters. The van der Waals surface area contributed by atoms with Gasteiger partial charge in [0, 0.05) is 4.47 Å². The van der Waals surface area contributed by atoms with E-state index in [2.05, 4.69) is 38.1 Å². The molecule has 0 saturated carbocycles. The van der Waals surface area contributed by atoms with Crippen molar-refractivity contribution in [2.75, 3.05) is 0 Å². The van der Waals surface area contributed by atoms with E-state index in [0.717, 1.165) is 0 Å². The number of ether oxygens (including phenoxy) is 1. The molecule has 2 aromatic rings. The fourth-order valence-corrected chi connectivity index (χ4v) is 3.05. The Morgan fingerprint density at radius 2 is 1.97 bits per heavy atom. The quantitative estimate of drug-likeness (QED) is 0.614. The van der Waals surface area contributed by atoms with Crippen LogP contribution in [0.4, 0.5) is 9.18 Å². The molecule has 1 heterocycles. The molecule has 2 N–H and O–H groups in total. The third kappa shape index (κ3) is 8.13. The van der Waals surface area contributed by atoms with Crippen LogP contribution in [0.3, 0.4) is 0 Å². The van der Waals surface area contributed by atoms with Gasteiger partial charge in [0.15, 0.2) is 0 Å².